The summed E-state index contributed by atoms with van der Waals surface area (Å²) in [5.74, 6) is 0.134. The standard InChI is InChI=1S/C13H15N3O3/c14-7-9-4-5-12(13(6-9)16(18)19)15-11-3-1-2-10(11)8-17/h4-6,10-11,15,17H,1-3,8H2. The van der Waals surface area contributed by atoms with E-state index in [1.165, 1.54) is 6.07 Å². The molecule has 1 aliphatic rings. The van der Waals surface area contributed by atoms with Gasteiger partial charge in [0.25, 0.3) is 5.69 Å². The number of hydrogen-bond donors (Lipinski definition) is 2. The Kier molecular flexibility index (Phi) is 3.97. The number of nitriles is 1. The first-order valence-electron chi connectivity index (χ1n) is 6.21. The summed E-state index contributed by atoms with van der Waals surface area (Å²) >= 11 is 0. The first kappa shape index (κ1) is 13.3. The Morgan fingerprint density at radius 1 is 1.53 bits per heavy atom. The Hall–Kier alpha value is -2.13. The largest absolute Gasteiger partial charge is 0.396 e. The number of benzene rings is 1. The number of nitro benzene ring substituents is 1. The van der Waals surface area contributed by atoms with Crippen LogP contribution in [0, 0.1) is 27.4 Å². The zero-order chi connectivity index (χ0) is 13.8. The van der Waals surface area contributed by atoms with Gasteiger partial charge in [-0.1, -0.05) is 6.42 Å². The van der Waals surface area contributed by atoms with Crippen LogP contribution in [0.4, 0.5) is 11.4 Å². The van der Waals surface area contributed by atoms with Crippen LogP contribution in [0.2, 0.25) is 0 Å². The van der Waals surface area contributed by atoms with Gasteiger partial charge in [0, 0.05) is 24.6 Å². The highest BCUT2D eigenvalue weighted by atomic mass is 16.6. The second kappa shape index (κ2) is 5.67. The molecule has 1 aromatic rings. The number of aliphatic hydroxyl groups is 1. The van der Waals surface area contributed by atoms with Crippen molar-refractivity contribution in [3.63, 3.8) is 0 Å². The molecule has 0 radical (unpaired) electrons. The van der Waals surface area contributed by atoms with Gasteiger partial charge in [0.1, 0.15) is 5.69 Å². The van der Waals surface area contributed by atoms with Crippen molar-refractivity contribution in [3.05, 3.63) is 33.9 Å². The van der Waals surface area contributed by atoms with E-state index in [4.69, 9.17) is 5.26 Å². The molecule has 0 bridgehead atoms. The Morgan fingerprint density at radius 2 is 2.32 bits per heavy atom. The van der Waals surface area contributed by atoms with Gasteiger partial charge in [-0.3, -0.25) is 10.1 Å². The predicted molar refractivity (Wildman–Crippen MR) is 69.6 cm³/mol. The van der Waals surface area contributed by atoms with Gasteiger partial charge >= 0.3 is 0 Å². The van der Waals surface area contributed by atoms with E-state index in [0.717, 1.165) is 19.3 Å². The molecular formula is C13H15N3O3. The van der Waals surface area contributed by atoms with Gasteiger partial charge in [0.05, 0.1) is 16.6 Å². The monoisotopic (exact) mass is 261 g/mol. The minimum atomic E-state index is -0.494. The molecular weight excluding hydrogens is 246 g/mol. The number of nitrogens with zero attached hydrogens (tertiary/aromatic N) is 2. The van der Waals surface area contributed by atoms with Crippen LogP contribution in [-0.4, -0.2) is 22.7 Å². The molecule has 2 rings (SSSR count). The average Bonchev–Trinajstić information content (AvgIpc) is 2.86. The predicted octanol–water partition coefficient (Wildman–Crippen LogP) is 2.04. The Morgan fingerprint density at radius 3 is 2.95 bits per heavy atom. The summed E-state index contributed by atoms with van der Waals surface area (Å²) in [5, 5.41) is 32.2. The molecule has 2 atom stereocenters. The maximum atomic E-state index is 11.0. The first-order valence-corrected chi connectivity index (χ1v) is 6.21. The van der Waals surface area contributed by atoms with E-state index in [2.05, 4.69) is 5.32 Å². The molecule has 0 aliphatic heterocycles. The number of nitro groups is 1. The van der Waals surface area contributed by atoms with Crippen LogP contribution in [0.5, 0.6) is 0 Å². The lowest BCUT2D eigenvalue weighted by Crippen LogP contribution is -2.26. The highest BCUT2D eigenvalue weighted by Gasteiger charge is 2.28. The molecule has 0 aromatic heterocycles. The third kappa shape index (κ3) is 2.83. The fourth-order valence-electron chi connectivity index (χ4n) is 2.52. The van der Waals surface area contributed by atoms with Gasteiger partial charge in [0.15, 0.2) is 0 Å². The zero-order valence-electron chi connectivity index (χ0n) is 10.4. The molecule has 1 fully saturated rings. The third-order valence-electron chi connectivity index (χ3n) is 3.56. The van der Waals surface area contributed by atoms with Gasteiger partial charge in [-0.25, -0.2) is 0 Å². The molecule has 0 amide bonds. The highest BCUT2D eigenvalue weighted by Crippen LogP contribution is 2.32. The van der Waals surface area contributed by atoms with E-state index in [9.17, 15) is 15.2 Å². The van der Waals surface area contributed by atoms with Gasteiger partial charge < -0.3 is 10.4 Å². The Balaban J connectivity index is 2.25. The van der Waals surface area contributed by atoms with Crippen molar-refractivity contribution in [2.45, 2.75) is 25.3 Å². The molecule has 2 N–H and O–H groups in total. The lowest BCUT2D eigenvalue weighted by atomic mass is 10.0. The molecule has 1 aliphatic carbocycles. The number of nitrogens with one attached hydrogen (secondary N) is 1. The van der Waals surface area contributed by atoms with Crippen LogP contribution >= 0.6 is 0 Å². The summed E-state index contributed by atoms with van der Waals surface area (Å²) in [7, 11) is 0. The van der Waals surface area contributed by atoms with E-state index in [1.54, 1.807) is 12.1 Å². The SMILES string of the molecule is N#Cc1ccc(NC2CCCC2CO)c([N+](=O)[O-])c1. The molecule has 0 spiro atoms. The molecule has 0 heterocycles. The highest BCUT2D eigenvalue weighted by molar-refractivity contribution is 5.64. The van der Waals surface area contributed by atoms with E-state index in [1.807, 2.05) is 6.07 Å². The average molecular weight is 261 g/mol. The number of rotatable bonds is 4. The zero-order valence-corrected chi connectivity index (χ0v) is 10.4. The summed E-state index contributed by atoms with van der Waals surface area (Å²) in [6, 6.07) is 6.33. The topological polar surface area (TPSA) is 99.2 Å². The lowest BCUT2D eigenvalue weighted by Gasteiger charge is -2.20. The van der Waals surface area contributed by atoms with Crippen molar-refractivity contribution in [2.75, 3.05) is 11.9 Å². The van der Waals surface area contributed by atoms with Crippen LogP contribution in [0.15, 0.2) is 18.2 Å². The molecule has 19 heavy (non-hydrogen) atoms. The molecule has 0 saturated heterocycles. The molecule has 6 heteroatoms. The van der Waals surface area contributed by atoms with Crippen LogP contribution in [0.1, 0.15) is 24.8 Å². The maximum absolute atomic E-state index is 11.0. The van der Waals surface area contributed by atoms with Gasteiger partial charge in [-0.2, -0.15) is 5.26 Å². The summed E-state index contributed by atoms with van der Waals surface area (Å²) in [6.45, 7) is 0.0851. The van der Waals surface area contributed by atoms with Crippen LogP contribution in [-0.2, 0) is 0 Å². The molecule has 100 valence electrons. The summed E-state index contributed by atoms with van der Waals surface area (Å²) in [5.41, 5.74) is 0.583. The summed E-state index contributed by atoms with van der Waals surface area (Å²) in [6.07, 6.45) is 2.83. The van der Waals surface area contributed by atoms with Crippen molar-refractivity contribution in [3.8, 4) is 6.07 Å². The third-order valence-corrected chi connectivity index (χ3v) is 3.56. The minimum Gasteiger partial charge on any atom is -0.396 e. The summed E-state index contributed by atoms with van der Waals surface area (Å²) in [4.78, 5) is 10.5. The van der Waals surface area contributed by atoms with Crippen molar-refractivity contribution >= 4 is 11.4 Å². The lowest BCUT2D eigenvalue weighted by molar-refractivity contribution is -0.384. The first-order chi connectivity index (χ1) is 9.15. The van der Waals surface area contributed by atoms with Crippen molar-refractivity contribution in [1.29, 1.82) is 5.26 Å². The fraction of sp³-hybridized carbons (Fsp3) is 0.462. The van der Waals surface area contributed by atoms with Crippen LogP contribution in [0.25, 0.3) is 0 Å². The quantitative estimate of drug-likeness (QED) is 0.638. The van der Waals surface area contributed by atoms with Gasteiger partial charge in [-0.05, 0) is 25.0 Å². The normalized spacial score (nSPS) is 21.9. The summed E-state index contributed by atoms with van der Waals surface area (Å²) < 4.78 is 0. The smallest absolute Gasteiger partial charge is 0.293 e. The Labute approximate surface area is 110 Å². The molecule has 1 saturated carbocycles. The number of aliphatic hydroxyl groups excluding tert-OH is 1. The minimum absolute atomic E-state index is 0.0524. The number of hydrogen-bond acceptors (Lipinski definition) is 5. The van der Waals surface area contributed by atoms with E-state index < -0.39 is 4.92 Å². The van der Waals surface area contributed by atoms with Crippen molar-refractivity contribution in [2.24, 2.45) is 5.92 Å². The van der Waals surface area contributed by atoms with E-state index >= 15 is 0 Å². The van der Waals surface area contributed by atoms with Crippen molar-refractivity contribution in [1.82, 2.24) is 0 Å². The number of anilines is 1. The van der Waals surface area contributed by atoms with E-state index in [0.29, 0.717) is 5.69 Å². The Bertz CT molecular complexity index is 524. The second-order valence-corrected chi connectivity index (χ2v) is 4.73. The van der Waals surface area contributed by atoms with Crippen LogP contribution < -0.4 is 5.32 Å². The van der Waals surface area contributed by atoms with Crippen LogP contribution in [0.3, 0.4) is 0 Å². The molecule has 6 nitrogen and oxygen atoms in total. The molecule has 2 unspecified atom stereocenters. The van der Waals surface area contributed by atoms with Crippen molar-refractivity contribution < 1.29 is 10.0 Å². The maximum Gasteiger partial charge on any atom is 0.293 e. The fourth-order valence-corrected chi connectivity index (χ4v) is 2.52. The van der Waals surface area contributed by atoms with E-state index in [-0.39, 0.29) is 29.8 Å². The second-order valence-electron chi connectivity index (χ2n) is 4.73. The van der Waals surface area contributed by atoms with Gasteiger partial charge in [-0.15, -0.1) is 0 Å². The molecule has 1 aromatic carbocycles. The van der Waals surface area contributed by atoms with Gasteiger partial charge in [0.2, 0.25) is 0 Å².